The van der Waals surface area contributed by atoms with Gasteiger partial charge in [0.15, 0.2) is 7.85 Å². The molecule has 50 heavy (non-hydrogen) atoms. The summed E-state index contributed by atoms with van der Waals surface area (Å²) in [4.78, 5) is 12.0. The Morgan fingerprint density at radius 2 is 1.18 bits per heavy atom. The molecule has 0 spiro atoms. The van der Waals surface area contributed by atoms with Gasteiger partial charge in [0.25, 0.3) is 0 Å². The second kappa shape index (κ2) is 11.3. The first-order valence-corrected chi connectivity index (χ1v) is 17.8. The van der Waals surface area contributed by atoms with Crippen LogP contribution in [0.2, 0.25) is 0 Å². The van der Waals surface area contributed by atoms with Crippen molar-refractivity contribution in [3.8, 4) is 11.1 Å². The number of anilines is 3. The van der Waals surface area contributed by atoms with Gasteiger partial charge in [0.05, 0.1) is 0 Å². The van der Waals surface area contributed by atoms with Crippen LogP contribution in [0.1, 0.15) is 0 Å². The summed E-state index contributed by atoms with van der Waals surface area (Å²) >= 11 is 1.83. The number of thiophene rings is 1. The second-order valence-corrected chi connectivity index (χ2v) is 14.2. The molecule has 3 nitrogen and oxygen atoms in total. The Morgan fingerprint density at radius 3 is 2.06 bits per heavy atom. The highest BCUT2D eigenvalue weighted by molar-refractivity contribution is 7.25. The van der Waals surface area contributed by atoms with Crippen molar-refractivity contribution in [3.63, 3.8) is 0 Å². The van der Waals surface area contributed by atoms with Gasteiger partial charge in [0.2, 0.25) is 0 Å². The molecule has 0 amide bonds. The van der Waals surface area contributed by atoms with Gasteiger partial charge < -0.3 is 0 Å². The van der Waals surface area contributed by atoms with Crippen LogP contribution in [0.5, 0.6) is 0 Å². The third-order valence-corrected chi connectivity index (χ3v) is 11.3. The predicted molar refractivity (Wildman–Crippen MR) is 221 cm³/mol. The molecular formula is C44H29B2N3S. The maximum absolute atomic E-state index is 5.28. The molecule has 0 aliphatic heterocycles. The quantitative estimate of drug-likeness (QED) is 0.140. The van der Waals surface area contributed by atoms with Gasteiger partial charge in [-0.05, 0) is 103 Å². The van der Waals surface area contributed by atoms with Crippen LogP contribution < -0.4 is 16.0 Å². The number of hydrogen-bond acceptors (Lipinski definition) is 4. The number of pyridine rings is 2. The largest absolute Gasteiger partial charge is 0.295 e. The van der Waals surface area contributed by atoms with Crippen LogP contribution in [0, 0.1) is 0 Å². The minimum atomic E-state index is 0.948. The second-order valence-electron chi connectivity index (χ2n) is 13.2. The van der Waals surface area contributed by atoms with Gasteiger partial charge in [0, 0.05) is 54.9 Å². The van der Waals surface area contributed by atoms with Crippen LogP contribution in [0.25, 0.3) is 74.4 Å². The van der Waals surface area contributed by atoms with Crippen molar-refractivity contribution in [3.05, 3.63) is 152 Å². The first-order valence-electron chi connectivity index (χ1n) is 17.0. The van der Waals surface area contributed by atoms with E-state index >= 15 is 0 Å². The molecule has 0 saturated carbocycles. The summed E-state index contributed by atoms with van der Waals surface area (Å²) in [6.07, 6.45) is 3.82. The summed E-state index contributed by atoms with van der Waals surface area (Å²) < 4.78 is 2.52. The van der Waals surface area contributed by atoms with Crippen molar-refractivity contribution < 1.29 is 0 Å². The smallest absolute Gasteiger partial charge is 0.164 e. The Balaban J connectivity index is 1.12. The monoisotopic (exact) mass is 653 g/mol. The highest BCUT2D eigenvalue weighted by Gasteiger charge is 2.20. The molecule has 0 radical (unpaired) electrons. The molecule has 0 aliphatic carbocycles. The van der Waals surface area contributed by atoms with Crippen LogP contribution in [0.3, 0.4) is 0 Å². The van der Waals surface area contributed by atoms with Crippen molar-refractivity contribution in [1.29, 1.82) is 0 Å². The third kappa shape index (κ3) is 4.60. The van der Waals surface area contributed by atoms with E-state index < -0.39 is 0 Å². The number of rotatable bonds is 4. The minimum Gasteiger partial charge on any atom is -0.295 e. The van der Waals surface area contributed by atoms with Gasteiger partial charge >= 0.3 is 0 Å². The molecule has 10 aromatic rings. The van der Waals surface area contributed by atoms with E-state index in [1.54, 1.807) is 0 Å². The standard InChI is InChI=1S/C44H29B2N3S/c45-42-37-7-3-4-8-38(37)43(46)48-44(42)49(33-16-18-36-39-22-29-19-20-47-25-31(29)23-40(39)50-41(36)24-33)32-14-11-26(12-15-32)28-13-17-35-30(21-28)10-9-27-5-1-2-6-34(27)35/h1-25H,45-46H2. The Kier molecular flexibility index (Phi) is 6.55. The van der Waals surface area contributed by atoms with E-state index in [0.717, 1.165) is 28.2 Å². The van der Waals surface area contributed by atoms with Crippen molar-refractivity contribution in [1.82, 2.24) is 9.97 Å². The molecule has 0 saturated heterocycles. The zero-order chi connectivity index (χ0) is 33.3. The third-order valence-electron chi connectivity index (χ3n) is 10.2. The van der Waals surface area contributed by atoms with Crippen molar-refractivity contribution in [2.75, 3.05) is 4.90 Å². The molecule has 0 bridgehead atoms. The summed E-state index contributed by atoms with van der Waals surface area (Å²) in [5, 5.41) is 12.4. The maximum atomic E-state index is 5.28. The number of nitrogens with zero attached hydrogens (tertiary/aromatic N) is 3. The topological polar surface area (TPSA) is 29.0 Å². The van der Waals surface area contributed by atoms with E-state index in [1.807, 2.05) is 23.7 Å². The van der Waals surface area contributed by atoms with Gasteiger partial charge in [-0.2, -0.15) is 0 Å². The molecule has 7 aromatic carbocycles. The average molecular weight is 653 g/mol. The van der Waals surface area contributed by atoms with Gasteiger partial charge in [-0.3, -0.25) is 9.88 Å². The molecule has 0 aliphatic rings. The summed E-state index contributed by atoms with van der Waals surface area (Å²) in [5.41, 5.74) is 6.73. The molecule has 0 N–H and O–H groups in total. The lowest BCUT2D eigenvalue weighted by atomic mass is 9.86. The van der Waals surface area contributed by atoms with E-state index in [-0.39, 0.29) is 0 Å². The fourth-order valence-corrected chi connectivity index (χ4v) is 8.81. The minimum absolute atomic E-state index is 0.948. The number of aromatic nitrogens is 2. The normalized spacial score (nSPS) is 11.8. The molecule has 10 rings (SSSR count). The summed E-state index contributed by atoms with van der Waals surface area (Å²) in [5.74, 6) is 0.948. The fraction of sp³-hybridized carbons (Fsp3) is 0. The van der Waals surface area contributed by atoms with Gasteiger partial charge in [-0.1, -0.05) is 91.0 Å². The zero-order valence-electron chi connectivity index (χ0n) is 27.7. The first kappa shape index (κ1) is 29.0. The fourth-order valence-electron chi connectivity index (χ4n) is 7.64. The average Bonchev–Trinajstić information content (AvgIpc) is 3.52. The molecular weight excluding hydrogens is 624 g/mol. The van der Waals surface area contributed by atoms with Gasteiger partial charge in [0.1, 0.15) is 13.7 Å². The van der Waals surface area contributed by atoms with E-state index in [2.05, 4.69) is 165 Å². The molecule has 3 aromatic heterocycles. The van der Waals surface area contributed by atoms with Crippen molar-refractivity contribution in [2.24, 2.45) is 0 Å². The lowest BCUT2D eigenvalue weighted by Gasteiger charge is -2.27. The number of hydrogen-bond donors (Lipinski definition) is 0. The van der Waals surface area contributed by atoms with E-state index in [1.165, 1.54) is 74.4 Å². The Hall–Kier alpha value is -5.97. The van der Waals surface area contributed by atoms with Crippen LogP contribution in [0.15, 0.2) is 152 Å². The summed E-state index contributed by atoms with van der Waals surface area (Å²) in [7, 11) is 4.31. The molecule has 232 valence electrons. The lowest BCUT2D eigenvalue weighted by Crippen LogP contribution is -2.27. The molecule has 0 unspecified atom stereocenters. The Morgan fingerprint density at radius 1 is 0.480 bits per heavy atom. The maximum Gasteiger partial charge on any atom is 0.164 e. The summed E-state index contributed by atoms with van der Waals surface area (Å²) in [6.45, 7) is 0. The Bertz CT molecular complexity index is 2970. The highest BCUT2D eigenvalue weighted by Crippen LogP contribution is 2.41. The van der Waals surface area contributed by atoms with Gasteiger partial charge in [-0.25, -0.2) is 4.98 Å². The van der Waals surface area contributed by atoms with Crippen LogP contribution in [-0.4, -0.2) is 25.7 Å². The van der Waals surface area contributed by atoms with Crippen LogP contribution in [0.4, 0.5) is 17.2 Å². The highest BCUT2D eigenvalue weighted by atomic mass is 32.1. The number of fused-ring (bicyclic) bond motifs is 8. The lowest BCUT2D eigenvalue weighted by molar-refractivity contribution is 1.22. The van der Waals surface area contributed by atoms with Crippen LogP contribution in [-0.2, 0) is 0 Å². The molecule has 6 heteroatoms. The van der Waals surface area contributed by atoms with E-state index in [0.29, 0.717) is 0 Å². The number of benzene rings is 7. The molecule has 3 heterocycles. The van der Waals surface area contributed by atoms with E-state index in [4.69, 9.17) is 4.98 Å². The molecule has 0 atom stereocenters. The van der Waals surface area contributed by atoms with E-state index in [9.17, 15) is 0 Å². The Labute approximate surface area is 295 Å². The van der Waals surface area contributed by atoms with Crippen molar-refractivity contribution >= 4 is 119 Å². The summed E-state index contributed by atoms with van der Waals surface area (Å²) in [6, 6.07) is 50.9. The zero-order valence-corrected chi connectivity index (χ0v) is 28.5. The SMILES string of the molecule is Bc1nc(N(c2ccc(-c3ccc4c(ccc5ccccc54)c3)cc2)c2ccc3c(c2)sc2cc4cnccc4cc23)c(B)c2ccccc12. The first-order chi connectivity index (χ1) is 24.6. The van der Waals surface area contributed by atoms with Crippen LogP contribution >= 0.6 is 11.3 Å². The molecule has 0 fully saturated rings. The van der Waals surface area contributed by atoms with Crippen molar-refractivity contribution in [2.45, 2.75) is 0 Å². The van der Waals surface area contributed by atoms with Gasteiger partial charge in [-0.15, -0.1) is 11.3 Å². The predicted octanol–water partition coefficient (Wildman–Crippen LogP) is 9.11.